The lowest BCUT2D eigenvalue weighted by molar-refractivity contribution is -0.142. The first-order valence-electron chi connectivity index (χ1n) is 9.48. The molecule has 33 heavy (non-hydrogen) atoms. The fraction of sp³-hybridized carbons (Fsp3) is 0.182. The van der Waals surface area contributed by atoms with E-state index in [1.165, 1.54) is 19.3 Å². The molecule has 1 saturated heterocycles. The summed E-state index contributed by atoms with van der Waals surface area (Å²) in [5, 5.41) is 2.32. The molecule has 1 fully saturated rings. The number of benzene rings is 2. The van der Waals surface area contributed by atoms with Crippen LogP contribution in [-0.4, -0.2) is 48.2 Å². The van der Waals surface area contributed by atoms with E-state index >= 15 is 0 Å². The molecule has 1 N–H and O–H groups in total. The average Bonchev–Trinajstić information content (AvgIpc) is 3.00. The molecular formula is C22H18BrClN2O6S. The molecular weight excluding hydrogens is 536 g/mol. The van der Waals surface area contributed by atoms with Gasteiger partial charge in [-0.1, -0.05) is 23.7 Å². The quantitative estimate of drug-likeness (QED) is 0.394. The molecule has 0 aliphatic carbocycles. The molecule has 2 aromatic rings. The summed E-state index contributed by atoms with van der Waals surface area (Å²) >= 11 is 10.3. The number of ether oxygens (including phenoxy) is 2. The van der Waals surface area contributed by atoms with E-state index in [-0.39, 0.29) is 22.3 Å². The van der Waals surface area contributed by atoms with E-state index < -0.39 is 29.6 Å². The summed E-state index contributed by atoms with van der Waals surface area (Å²) in [4.78, 5) is 49.7. The minimum absolute atomic E-state index is 0.148. The predicted octanol–water partition coefficient (Wildman–Crippen LogP) is 4.64. The summed E-state index contributed by atoms with van der Waals surface area (Å²) in [5.74, 6) is -1.40. The van der Waals surface area contributed by atoms with Crippen molar-refractivity contribution in [2.24, 2.45) is 0 Å². The van der Waals surface area contributed by atoms with E-state index in [2.05, 4.69) is 26.0 Å². The number of hydrogen-bond donors (Lipinski definition) is 1. The van der Waals surface area contributed by atoms with Crippen molar-refractivity contribution < 1.29 is 28.7 Å². The van der Waals surface area contributed by atoms with Crippen LogP contribution in [0.2, 0.25) is 5.02 Å². The van der Waals surface area contributed by atoms with Gasteiger partial charge in [0.1, 0.15) is 6.54 Å². The highest BCUT2D eigenvalue weighted by Gasteiger charge is 2.36. The maximum Gasteiger partial charge on any atom is 0.343 e. The summed E-state index contributed by atoms with van der Waals surface area (Å²) in [7, 11) is 1.24. The van der Waals surface area contributed by atoms with Crippen molar-refractivity contribution in [2.45, 2.75) is 6.92 Å². The first-order chi connectivity index (χ1) is 15.7. The van der Waals surface area contributed by atoms with Gasteiger partial charge in [-0.15, -0.1) is 0 Å². The van der Waals surface area contributed by atoms with Crippen LogP contribution in [0.25, 0.3) is 6.08 Å². The van der Waals surface area contributed by atoms with Crippen molar-refractivity contribution in [3.05, 3.63) is 61.9 Å². The number of nitrogens with zero attached hydrogens (tertiary/aromatic N) is 1. The largest absolute Gasteiger partial charge is 0.479 e. The summed E-state index contributed by atoms with van der Waals surface area (Å²) < 4.78 is 10.3. The van der Waals surface area contributed by atoms with Crippen LogP contribution in [0.15, 0.2) is 45.8 Å². The van der Waals surface area contributed by atoms with Gasteiger partial charge in [0.15, 0.2) is 12.4 Å². The number of rotatable bonds is 7. The molecule has 0 bridgehead atoms. The van der Waals surface area contributed by atoms with Crippen molar-refractivity contribution in [1.29, 1.82) is 0 Å². The predicted molar refractivity (Wildman–Crippen MR) is 129 cm³/mol. The zero-order valence-electron chi connectivity index (χ0n) is 17.5. The maximum atomic E-state index is 12.7. The Morgan fingerprint density at radius 1 is 1.24 bits per heavy atom. The Labute approximate surface area is 207 Å². The van der Waals surface area contributed by atoms with Crippen LogP contribution in [0.1, 0.15) is 11.1 Å². The summed E-state index contributed by atoms with van der Waals surface area (Å²) in [6.07, 6.45) is 1.49. The Hall–Kier alpha value is -2.82. The van der Waals surface area contributed by atoms with E-state index in [0.29, 0.717) is 15.7 Å². The standard InChI is InChI=1S/C22H18BrClN2O6S/c1-12-4-3-5-14(6-12)25-18(27)10-26-21(29)17(33-22(26)30)9-13-7-15(23)20(16(24)8-13)32-11-19(28)31-2/h3-9H,10-11H2,1-2H3,(H,25,27)/b17-9-. The van der Waals surface area contributed by atoms with Crippen molar-refractivity contribution in [2.75, 3.05) is 25.6 Å². The van der Waals surface area contributed by atoms with Gasteiger partial charge in [-0.2, -0.15) is 0 Å². The highest BCUT2D eigenvalue weighted by molar-refractivity contribution is 9.10. The molecule has 0 aromatic heterocycles. The van der Waals surface area contributed by atoms with E-state index in [0.717, 1.165) is 22.2 Å². The van der Waals surface area contributed by atoms with E-state index in [9.17, 15) is 19.2 Å². The Morgan fingerprint density at radius 2 is 2.00 bits per heavy atom. The number of imide groups is 1. The van der Waals surface area contributed by atoms with Gasteiger partial charge in [-0.05, 0) is 76.1 Å². The van der Waals surface area contributed by atoms with Crippen LogP contribution >= 0.6 is 39.3 Å². The summed E-state index contributed by atoms with van der Waals surface area (Å²) in [6.45, 7) is 1.16. The molecule has 3 amide bonds. The van der Waals surface area contributed by atoms with Gasteiger partial charge in [-0.25, -0.2) is 4.79 Å². The lowest BCUT2D eigenvalue weighted by Gasteiger charge is -2.12. The number of anilines is 1. The molecule has 1 aliphatic rings. The van der Waals surface area contributed by atoms with E-state index in [4.69, 9.17) is 16.3 Å². The van der Waals surface area contributed by atoms with E-state index in [1.807, 2.05) is 13.0 Å². The van der Waals surface area contributed by atoms with Gasteiger partial charge in [0.25, 0.3) is 11.1 Å². The first kappa shape index (κ1) is 24.8. The second kappa shape index (κ2) is 10.9. The van der Waals surface area contributed by atoms with Crippen LogP contribution in [0.5, 0.6) is 5.75 Å². The molecule has 1 aliphatic heterocycles. The average molecular weight is 554 g/mol. The molecule has 3 rings (SSSR count). The fourth-order valence-electron chi connectivity index (χ4n) is 2.85. The third kappa shape index (κ3) is 6.37. The zero-order valence-corrected chi connectivity index (χ0v) is 20.7. The highest BCUT2D eigenvalue weighted by atomic mass is 79.9. The molecule has 8 nitrogen and oxygen atoms in total. The van der Waals surface area contributed by atoms with Crippen LogP contribution in [0.4, 0.5) is 10.5 Å². The number of amides is 3. The molecule has 11 heteroatoms. The van der Waals surface area contributed by atoms with Crippen LogP contribution in [-0.2, 0) is 19.1 Å². The van der Waals surface area contributed by atoms with Gasteiger partial charge in [0, 0.05) is 5.69 Å². The molecule has 172 valence electrons. The maximum absolute atomic E-state index is 12.7. The van der Waals surface area contributed by atoms with Gasteiger partial charge in [0.2, 0.25) is 5.91 Å². The molecule has 0 radical (unpaired) electrons. The minimum Gasteiger partial charge on any atom is -0.479 e. The first-order valence-corrected chi connectivity index (χ1v) is 11.5. The number of methoxy groups -OCH3 is 1. The van der Waals surface area contributed by atoms with Crippen molar-refractivity contribution in [1.82, 2.24) is 4.90 Å². The zero-order chi connectivity index (χ0) is 24.1. The third-order valence-electron chi connectivity index (χ3n) is 4.36. The number of aryl methyl sites for hydroxylation is 1. The number of carbonyl (C=O) groups excluding carboxylic acids is 4. The fourth-order valence-corrected chi connectivity index (χ4v) is 4.67. The Bertz CT molecular complexity index is 1150. The molecule has 2 aromatic carbocycles. The van der Waals surface area contributed by atoms with E-state index in [1.54, 1.807) is 24.3 Å². The Balaban J connectivity index is 1.71. The topological polar surface area (TPSA) is 102 Å². The monoisotopic (exact) mass is 552 g/mol. The molecule has 1 heterocycles. The van der Waals surface area contributed by atoms with Crippen LogP contribution < -0.4 is 10.1 Å². The number of hydrogen-bond acceptors (Lipinski definition) is 7. The second-order valence-corrected chi connectivity index (χ2v) is 9.12. The van der Waals surface area contributed by atoms with Crippen molar-refractivity contribution in [3.63, 3.8) is 0 Å². The van der Waals surface area contributed by atoms with Crippen LogP contribution in [0, 0.1) is 6.92 Å². The SMILES string of the molecule is COC(=O)COc1c(Cl)cc(/C=C2\SC(=O)N(CC(=O)Nc3cccc(C)c3)C2=O)cc1Br. The summed E-state index contributed by atoms with van der Waals surface area (Å²) in [5.41, 5.74) is 2.07. The Morgan fingerprint density at radius 3 is 2.67 bits per heavy atom. The summed E-state index contributed by atoms with van der Waals surface area (Å²) in [6, 6.07) is 10.3. The van der Waals surface area contributed by atoms with Crippen molar-refractivity contribution >= 4 is 74.1 Å². The van der Waals surface area contributed by atoms with Gasteiger partial charge in [0.05, 0.1) is 21.5 Å². The Kier molecular flexibility index (Phi) is 8.17. The lowest BCUT2D eigenvalue weighted by Crippen LogP contribution is -2.36. The number of halogens is 2. The molecule has 0 saturated carbocycles. The van der Waals surface area contributed by atoms with Gasteiger partial charge < -0.3 is 14.8 Å². The second-order valence-electron chi connectivity index (χ2n) is 6.86. The molecule has 0 unspecified atom stereocenters. The van der Waals surface area contributed by atoms with Gasteiger partial charge >= 0.3 is 5.97 Å². The molecule has 0 atom stereocenters. The van der Waals surface area contributed by atoms with Crippen LogP contribution in [0.3, 0.4) is 0 Å². The third-order valence-corrected chi connectivity index (χ3v) is 6.13. The highest BCUT2D eigenvalue weighted by Crippen LogP contribution is 2.37. The lowest BCUT2D eigenvalue weighted by atomic mass is 10.2. The number of carbonyl (C=O) groups is 4. The van der Waals surface area contributed by atoms with Crippen molar-refractivity contribution in [3.8, 4) is 5.75 Å². The number of esters is 1. The van der Waals surface area contributed by atoms with Gasteiger partial charge in [-0.3, -0.25) is 19.3 Å². The number of nitrogens with one attached hydrogen (secondary N) is 1. The smallest absolute Gasteiger partial charge is 0.343 e. The minimum atomic E-state index is -0.581. The number of thioether (sulfide) groups is 1. The molecule has 0 spiro atoms. The normalized spacial score (nSPS) is 14.5.